The molecule has 6 heteroatoms. The number of hydrogen-bond donors (Lipinski definition) is 1. The second-order valence-electron chi connectivity index (χ2n) is 5.94. The molecule has 1 aromatic rings. The van der Waals surface area contributed by atoms with Gasteiger partial charge >= 0.3 is 0 Å². The highest BCUT2D eigenvalue weighted by atomic mass is 16.5. The van der Waals surface area contributed by atoms with Crippen molar-refractivity contribution in [3.8, 4) is 0 Å². The summed E-state index contributed by atoms with van der Waals surface area (Å²) < 4.78 is 13.1. The van der Waals surface area contributed by atoms with Gasteiger partial charge in [-0.05, 0) is 5.92 Å². The molecule has 0 spiro atoms. The maximum absolute atomic E-state index is 6.42. The van der Waals surface area contributed by atoms with Crippen molar-refractivity contribution in [1.82, 2.24) is 14.8 Å². The number of rotatable bonds is 6. The van der Waals surface area contributed by atoms with E-state index in [2.05, 4.69) is 23.9 Å². The Kier molecular flexibility index (Phi) is 5.12. The molecule has 0 bridgehead atoms. The van der Waals surface area contributed by atoms with E-state index in [1.807, 2.05) is 4.68 Å². The normalized spacial score (nSPS) is 20.2. The molecule has 0 radical (unpaired) electrons. The Balaban J connectivity index is 2.06. The molecule has 0 saturated carbocycles. The van der Waals surface area contributed by atoms with Crippen LogP contribution in [0.5, 0.6) is 0 Å². The van der Waals surface area contributed by atoms with E-state index >= 15 is 0 Å². The van der Waals surface area contributed by atoms with E-state index in [0.717, 1.165) is 25.2 Å². The summed E-state index contributed by atoms with van der Waals surface area (Å²) in [6, 6.07) is -0.0912. The van der Waals surface area contributed by atoms with Crippen molar-refractivity contribution in [3.63, 3.8) is 0 Å². The number of hydrogen-bond acceptors (Lipinski definition) is 5. The summed E-state index contributed by atoms with van der Waals surface area (Å²) in [6.07, 6.45) is 3.96. The molecule has 20 heavy (non-hydrogen) atoms. The first kappa shape index (κ1) is 15.4. The lowest BCUT2D eigenvalue weighted by Gasteiger charge is -2.40. The Morgan fingerprint density at radius 2 is 2.15 bits per heavy atom. The van der Waals surface area contributed by atoms with Crippen LogP contribution >= 0.6 is 0 Å². The predicted molar refractivity (Wildman–Crippen MR) is 76.3 cm³/mol. The monoisotopic (exact) mass is 282 g/mol. The summed E-state index contributed by atoms with van der Waals surface area (Å²) in [7, 11) is 1.74. The lowest BCUT2D eigenvalue weighted by atomic mass is 9.84. The molecule has 0 amide bonds. The first-order chi connectivity index (χ1) is 9.57. The zero-order chi connectivity index (χ0) is 14.6. The van der Waals surface area contributed by atoms with Gasteiger partial charge in [-0.1, -0.05) is 13.8 Å². The van der Waals surface area contributed by atoms with Crippen LogP contribution in [0.1, 0.15) is 32.5 Å². The molecule has 2 heterocycles. The minimum absolute atomic E-state index is 0.0912. The second-order valence-corrected chi connectivity index (χ2v) is 5.94. The summed E-state index contributed by atoms with van der Waals surface area (Å²) in [5.74, 6) is 1.47. The van der Waals surface area contributed by atoms with Crippen LogP contribution in [0.2, 0.25) is 0 Å². The third-order valence-electron chi connectivity index (χ3n) is 4.06. The lowest BCUT2D eigenvalue weighted by molar-refractivity contribution is -0.104. The predicted octanol–water partition coefficient (Wildman–Crippen LogP) is 1.000. The van der Waals surface area contributed by atoms with Crippen LogP contribution in [0.3, 0.4) is 0 Å². The van der Waals surface area contributed by atoms with Crippen molar-refractivity contribution >= 4 is 0 Å². The Morgan fingerprint density at radius 3 is 2.75 bits per heavy atom. The fourth-order valence-corrected chi connectivity index (χ4v) is 2.77. The number of ether oxygens (including phenoxy) is 2. The summed E-state index contributed by atoms with van der Waals surface area (Å²) in [4.78, 5) is 4.35. The lowest BCUT2D eigenvalue weighted by Crippen LogP contribution is -2.54. The molecule has 1 saturated heterocycles. The average molecular weight is 282 g/mol. The zero-order valence-corrected chi connectivity index (χ0v) is 12.7. The fraction of sp³-hybridized carbons (Fsp3) is 0.857. The van der Waals surface area contributed by atoms with Gasteiger partial charge in [0.1, 0.15) is 12.2 Å². The standard InChI is InChI=1S/C14H26N4O2/c1-11(2)9-18-13(16-10-17-18)8-12(15)14(19-3)4-6-20-7-5-14/h10-12H,4-9,15H2,1-3H3. The highest BCUT2D eigenvalue weighted by molar-refractivity contribution is 5.00. The molecule has 0 aromatic carbocycles. The molecule has 1 unspecified atom stereocenters. The average Bonchev–Trinajstić information content (AvgIpc) is 2.86. The molecular formula is C14H26N4O2. The van der Waals surface area contributed by atoms with E-state index in [1.165, 1.54) is 0 Å². The van der Waals surface area contributed by atoms with Gasteiger partial charge in [-0.3, -0.25) is 0 Å². The van der Waals surface area contributed by atoms with E-state index in [1.54, 1.807) is 13.4 Å². The number of nitrogens with two attached hydrogens (primary N) is 1. The molecule has 6 nitrogen and oxygen atoms in total. The summed E-state index contributed by atoms with van der Waals surface area (Å²) in [6.45, 7) is 6.62. The van der Waals surface area contributed by atoms with Gasteiger partial charge in [0.05, 0.1) is 5.60 Å². The highest BCUT2D eigenvalue weighted by Gasteiger charge is 2.39. The molecule has 1 aliphatic heterocycles. The molecule has 0 aliphatic carbocycles. The molecule has 1 atom stereocenters. The largest absolute Gasteiger partial charge is 0.381 e. The van der Waals surface area contributed by atoms with E-state index in [-0.39, 0.29) is 11.6 Å². The van der Waals surface area contributed by atoms with Crippen molar-refractivity contribution in [3.05, 3.63) is 12.2 Å². The number of aromatic nitrogens is 3. The van der Waals surface area contributed by atoms with Crippen molar-refractivity contribution < 1.29 is 9.47 Å². The van der Waals surface area contributed by atoms with Gasteiger partial charge in [0.2, 0.25) is 0 Å². The van der Waals surface area contributed by atoms with Gasteiger partial charge < -0.3 is 15.2 Å². The Labute approximate surface area is 120 Å². The van der Waals surface area contributed by atoms with Gasteiger partial charge in [0, 0.05) is 52.2 Å². The van der Waals surface area contributed by atoms with Crippen LogP contribution in [-0.2, 0) is 22.4 Å². The summed E-state index contributed by atoms with van der Waals surface area (Å²) >= 11 is 0. The van der Waals surface area contributed by atoms with Gasteiger partial charge in [0.25, 0.3) is 0 Å². The molecule has 1 aliphatic rings. The van der Waals surface area contributed by atoms with Crippen LogP contribution in [0.25, 0.3) is 0 Å². The van der Waals surface area contributed by atoms with Gasteiger partial charge in [0.15, 0.2) is 0 Å². The molecule has 114 valence electrons. The Morgan fingerprint density at radius 1 is 1.45 bits per heavy atom. The van der Waals surface area contributed by atoms with Crippen LogP contribution in [0.15, 0.2) is 6.33 Å². The van der Waals surface area contributed by atoms with Crippen LogP contribution < -0.4 is 5.73 Å². The molecular weight excluding hydrogens is 256 g/mol. The van der Waals surface area contributed by atoms with Crippen LogP contribution in [0.4, 0.5) is 0 Å². The highest BCUT2D eigenvalue weighted by Crippen LogP contribution is 2.28. The van der Waals surface area contributed by atoms with E-state index in [4.69, 9.17) is 15.2 Å². The van der Waals surface area contributed by atoms with Gasteiger partial charge in [-0.25, -0.2) is 9.67 Å². The van der Waals surface area contributed by atoms with E-state index in [9.17, 15) is 0 Å². The minimum atomic E-state index is -0.299. The van der Waals surface area contributed by atoms with Crippen molar-refractivity contribution in [1.29, 1.82) is 0 Å². The van der Waals surface area contributed by atoms with Gasteiger partial charge in [-0.2, -0.15) is 5.10 Å². The number of methoxy groups -OCH3 is 1. The second kappa shape index (κ2) is 6.65. The third-order valence-corrected chi connectivity index (χ3v) is 4.06. The van der Waals surface area contributed by atoms with Crippen molar-refractivity contribution in [2.45, 2.75) is 51.3 Å². The first-order valence-electron chi connectivity index (χ1n) is 7.32. The third kappa shape index (κ3) is 3.37. The molecule has 1 fully saturated rings. The van der Waals surface area contributed by atoms with E-state index < -0.39 is 0 Å². The van der Waals surface area contributed by atoms with Crippen LogP contribution in [-0.4, -0.2) is 46.7 Å². The molecule has 2 N–H and O–H groups in total. The molecule has 2 rings (SSSR count). The Hall–Kier alpha value is -0.980. The van der Waals surface area contributed by atoms with E-state index in [0.29, 0.717) is 25.6 Å². The minimum Gasteiger partial charge on any atom is -0.381 e. The quantitative estimate of drug-likeness (QED) is 0.842. The maximum atomic E-state index is 6.42. The van der Waals surface area contributed by atoms with Gasteiger partial charge in [-0.15, -0.1) is 0 Å². The van der Waals surface area contributed by atoms with Crippen LogP contribution in [0, 0.1) is 5.92 Å². The SMILES string of the molecule is COC1(C(N)Cc2ncnn2CC(C)C)CCOCC1. The number of nitrogens with zero attached hydrogens (tertiary/aromatic N) is 3. The molecule has 1 aromatic heterocycles. The van der Waals surface area contributed by atoms with Crippen molar-refractivity contribution in [2.24, 2.45) is 11.7 Å². The Bertz CT molecular complexity index is 413. The topological polar surface area (TPSA) is 75.2 Å². The zero-order valence-electron chi connectivity index (χ0n) is 12.7. The summed E-state index contributed by atoms with van der Waals surface area (Å²) in [5, 5.41) is 4.29. The fourth-order valence-electron chi connectivity index (χ4n) is 2.77. The maximum Gasteiger partial charge on any atom is 0.138 e. The first-order valence-corrected chi connectivity index (χ1v) is 7.32. The summed E-state index contributed by atoms with van der Waals surface area (Å²) in [5.41, 5.74) is 6.12. The smallest absolute Gasteiger partial charge is 0.138 e. The van der Waals surface area contributed by atoms with Crippen molar-refractivity contribution in [2.75, 3.05) is 20.3 Å².